The standard InChI is InChI=1S/C75H89F2N3OS10/c1-9-16-20-22-24-26-30-48-40-52(42-62-74(81)80(15-7)75(82)91-62)86-70(48)57-36-37-58(87-57)71-49(31-27-25-23-21-17-10-2)41-59(88-71)60-43-53-63(55-34-32-50(84-55)38-46(13-5)28-18-11-3)73-54(44-61(90-73)65-67(77)66(76)45(8)69(79-83)68(65)78)64(72(53)89-60)56-35-33-51(85-56)39-47(14-6)29-19-12-4/h32-37,40-44,46-47,78,83H,9-31,38-39H2,1-8H3/b62-42-,78-68?,79-69?. The Labute approximate surface area is 584 Å². The molecule has 484 valence electrons. The van der Waals surface area contributed by atoms with Crippen molar-refractivity contribution in [1.82, 2.24) is 4.90 Å². The van der Waals surface area contributed by atoms with Gasteiger partial charge in [0.1, 0.15) is 10.0 Å². The van der Waals surface area contributed by atoms with Crippen LogP contribution in [0.3, 0.4) is 0 Å². The molecule has 1 aromatic carbocycles. The molecule has 4 nitrogen and oxygen atoms in total. The molecule has 1 aliphatic carbocycles. The van der Waals surface area contributed by atoms with Gasteiger partial charge in [-0.1, -0.05) is 181 Å². The summed E-state index contributed by atoms with van der Waals surface area (Å²) < 4.78 is 39.6. The second-order valence-electron chi connectivity index (χ2n) is 24.8. The van der Waals surface area contributed by atoms with Gasteiger partial charge in [0, 0.05) is 102 Å². The lowest BCUT2D eigenvalue weighted by Gasteiger charge is -2.17. The Hall–Kier alpha value is -3.68. The molecule has 2 aliphatic rings. The SMILES string of the molecule is CCCCCCCCc1cc(/C=C2\SC(=S)N(CC)C2=O)sc1-c1ccc(-c2sc(-c3cc4c(-c5ccc(CC(CC)CCCC)s5)c5sc(C6=C(F)C(F)=C(C)C(=NS)C6=N)cc5c(-c5ccc(CC(CC)CCCC)s5)c4s3)cc2CCCCCCCC)s1. The van der Waals surface area contributed by atoms with Gasteiger partial charge in [-0.3, -0.25) is 15.1 Å². The van der Waals surface area contributed by atoms with Crippen LogP contribution < -0.4 is 0 Å². The number of carbonyl (C=O) groups excluding carboxylic acids is 1. The highest BCUT2D eigenvalue weighted by Gasteiger charge is 2.34. The summed E-state index contributed by atoms with van der Waals surface area (Å²) in [6, 6.07) is 23.4. The number of benzene rings is 1. The monoisotopic (exact) mass is 1410 g/mol. The van der Waals surface area contributed by atoms with Crippen LogP contribution in [0.25, 0.3) is 82.0 Å². The van der Waals surface area contributed by atoms with Crippen molar-refractivity contribution in [1.29, 1.82) is 5.41 Å². The number of allylic oxidation sites excluding steroid dienone is 4. The van der Waals surface area contributed by atoms with Gasteiger partial charge in [-0.25, -0.2) is 13.2 Å². The fraction of sp³-hybridized carbons (Fsp3) is 0.467. The molecule has 0 saturated carbocycles. The molecule has 8 heterocycles. The van der Waals surface area contributed by atoms with Crippen molar-refractivity contribution < 1.29 is 13.6 Å². The maximum absolute atomic E-state index is 16.7. The van der Waals surface area contributed by atoms with E-state index in [0.29, 0.717) is 32.5 Å². The fourth-order valence-electron chi connectivity index (χ4n) is 12.9. The normalized spacial score (nSPS) is 15.7. The number of thioether (sulfide) groups is 1. The van der Waals surface area contributed by atoms with Crippen molar-refractivity contribution in [2.45, 2.75) is 209 Å². The predicted molar refractivity (Wildman–Crippen MR) is 413 cm³/mol. The topological polar surface area (TPSA) is 56.5 Å². The molecule has 1 N–H and O–H groups in total. The van der Waals surface area contributed by atoms with E-state index in [4.69, 9.17) is 12.2 Å². The average molecular weight is 1410 g/mol. The van der Waals surface area contributed by atoms with Crippen LogP contribution in [0.4, 0.5) is 8.78 Å². The van der Waals surface area contributed by atoms with Crippen LogP contribution in [0, 0.1) is 17.2 Å². The minimum Gasteiger partial charge on any atom is -0.298 e. The van der Waals surface area contributed by atoms with E-state index in [1.165, 1.54) is 203 Å². The first-order valence-corrected chi connectivity index (χ1v) is 41.0. The number of halogens is 2. The molecule has 7 aromatic heterocycles. The molecule has 91 heavy (non-hydrogen) atoms. The lowest BCUT2D eigenvalue weighted by molar-refractivity contribution is -0.122. The molecule has 1 fully saturated rings. The molecular weight excluding hydrogens is 1320 g/mol. The highest BCUT2D eigenvalue weighted by atomic mass is 32.2. The summed E-state index contributed by atoms with van der Waals surface area (Å²) in [7, 11) is 0. The van der Waals surface area contributed by atoms with Crippen LogP contribution in [0.5, 0.6) is 0 Å². The molecule has 0 bridgehead atoms. The number of amides is 1. The van der Waals surface area contributed by atoms with Crippen LogP contribution in [0.2, 0.25) is 0 Å². The predicted octanol–water partition coefficient (Wildman–Crippen LogP) is 27.5. The van der Waals surface area contributed by atoms with Crippen LogP contribution >= 0.6 is 116 Å². The highest BCUT2D eigenvalue weighted by molar-refractivity contribution is 8.26. The third kappa shape index (κ3) is 16.1. The number of aryl methyl sites for hydroxylation is 2. The van der Waals surface area contributed by atoms with Crippen molar-refractivity contribution in [3.63, 3.8) is 0 Å². The van der Waals surface area contributed by atoms with Gasteiger partial charge in [0.25, 0.3) is 5.91 Å². The van der Waals surface area contributed by atoms with E-state index < -0.39 is 11.7 Å². The van der Waals surface area contributed by atoms with Crippen LogP contribution in [-0.4, -0.2) is 33.1 Å². The Kier molecular flexibility index (Phi) is 25.7. The summed E-state index contributed by atoms with van der Waals surface area (Å²) in [5.41, 5.74) is 4.83. The zero-order valence-corrected chi connectivity index (χ0v) is 62.6. The smallest absolute Gasteiger partial charge is 0.266 e. The quantitative estimate of drug-likeness (QED) is 0.0139. The molecule has 0 spiro atoms. The molecule has 0 radical (unpaired) electrons. The average Bonchev–Trinajstić information content (AvgIpc) is 1.59. The number of nitrogens with zero attached hydrogens (tertiary/aromatic N) is 2. The molecule has 1 amide bonds. The number of hydrogen-bond acceptors (Lipinski definition) is 13. The summed E-state index contributed by atoms with van der Waals surface area (Å²) in [5, 5.41) is 11.5. The Morgan fingerprint density at radius 1 is 0.571 bits per heavy atom. The molecule has 2 atom stereocenters. The summed E-state index contributed by atoms with van der Waals surface area (Å²) in [5.74, 6) is -0.806. The van der Waals surface area contributed by atoms with Crippen molar-refractivity contribution in [3.05, 3.63) is 113 Å². The first-order chi connectivity index (χ1) is 44.3. The molecule has 8 aromatic rings. The zero-order valence-electron chi connectivity index (χ0n) is 54.4. The Morgan fingerprint density at radius 3 is 1.59 bits per heavy atom. The maximum atomic E-state index is 16.7. The third-order valence-corrected chi connectivity index (χ3v) is 28.4. The second kappa shape index (κ2) is 33.3. The minimum absolute atomic E-state index is 0.00345. The van der Waals surface area contributed by atoms with Gasteiger partial charge in [0.15, 0.2) is 11.7 Å². The van der Waals surface area contributed by atoms with Crippen LogP contribution in [0.1, 0.15) is 214 Å². The number of thiol groups is 1. The first-order valence-electron chi connectivity index (χ1n) is 33.7. The Balaban J connectivity index is 1.14. The number of nitrogens with one attached hydrogen (secondary N) is 1. The molecule has 2 unspecified atom stereocenters. The summed E-state index contributed by atoms with van der Waals surface area (Å²) in [6.45, 7) is 17.8. The molecule has 1 aliphatic heterocycles. The molecule has 1 saturated heterocycles. The van der Waals surface area contributed by atoms with Crippen LogP contribution in [0.15, 0.2) is 87.2 Å². The van der Waals surface area contributed by atoms with Gasteiger partial charge < -0.3 is 0 Å². The van der Waals surface area contributed by atoms with Crippen molar-refractivity contribution in [2.24, 2.45) is 16.2 Å². The summed E-state index contributed by atoms with van der Waals surface area (Å²) in [4.78, 5) is 30.3. The van der Waals surface area contributed by atoms with E-state index in [1.54, 1.807) is 16.2 Å². The van der Waals surface area contributed by atoms with Gasteiger partial charge in [-0.15, -0.1) is 79.4 Å². The molecule has 10 rings (SSSR count). The number of thiocarbonyl (C=S) groups is 1. The van der Waals surface area contributed by atoms with Crippen molar-refractivity contribution >= 4 is 170 Å². The lowest BCUT2D eigenvalue weighted by atomic mass is 9.92. The zero-order chi connectivity index (χ0) is 64.3. The number of rotatable bonds is 34. The van der Waals surface area contributed by atoms with Crippen LogP contribution in [-0.2, 0) is 30.5 Å². The van der Waals surface area contributed by atoms with Crippen molar-refractivity contribution in [2.75, 3.05) is 6.54 Å². The van der Waals surface area contributed by atoms with Gasteiger partial charge in [0.2, 0.25) is 0 Å². The molecule has 16 heteroatoms. The number of thiophene rings is 7. The summed E-state index contributed by atoms with van der Waals surface area (Å²) in [6.07, 6.45) is 30.4. The number of carbonyl (C=O) groups is 1. The number of unbranched alkanes of at least 4 members (excludes halogenated alkanes) is 12. The lowest BCUT2D eigenvalue weighted by Crippen LogP contribution is -2.27. The first kappa shape index (κ1) is 70.1. The fourth-order valence-corrected chi connectivity index (χ4v) is 23.3. The van der Waals surface area contributed by atoms with E-state index in [2.05, 4.69) is 125 Å². The molecular formula is C75H89F2N3OS10. The van der Waals surface area contributed by atoms with E-state index in [-0.39, 0.29) is 28.5 Å². The van der Waals surface area contributed by atoms with E-state index in [9.17, 15) is 10.2 Å². The minimum atomic E-state index is -1.02. The number of hydrogen-bond donors (Lipinski definition) is 2. The van der Waals surface area contributed by atoms with Gasteiger partial charge in [-0.05, 0) is 155 Å². The van der Waals surface area contributed by atoms with Crippen molar-refractivity contribution in [3.8, 4) is 50.1 Å². The number of likely N-dealkylation sites (N-methyl/N-ethyl adjacent to an activating group) is 1. The second-order valence-corrected chi connectivity index (χ2v) is 34.3. The van der Waals surface area contributed by atoms with E-state index in [0.717, 1.165) is 77.5 Å². The van der Waals surface area contributed by atoms with Gasteiger partial charge >= 0.3 is 0 Å². The van der Waals surface area contributed by atoms with Gasteiger partial charge in [0.05, 0.1) is 16.2 Å². The highest BCUT2D eigenvalue weighted by Crippen LogP contribution is 2.56. The Bertz CT molecular complexity index is 3880. The van der Waals surface area contributed by atoms with E-state index >= 15 is 8.78 Å². The third-order valence-electron chi connectivity index (χ3n) is 18.3. The Morgan fingerprint density at radius 2 is 1.07 bits per heavy atom. The largest absolute Gasteiger partial charge is 0.298 e. The number of fused-ring (bicyclic) bond motifs is 2. The summed E-state index contributed by atoms with van der Waals surface area (Å²) >= 11 is 24.0. The van der Waals surface area contributed by atoms with Gasteiger partial charge in [-0.2, -0.15) is 0 Å². The maximum Gasteiger partial charge on any atom is 0.266 e. The van der Waals surface area contributed by atoms with E-state index in [1.807, 2.05) is 63.6 Å².